The molecule has 1 saturated heterocycles. The van der Waals surface area contributed by atoms with E-state index in [-0.39, 0.29) is 24.8 Å². The first-order chi connectivity index (χ1) is 12.5. The first-order valence-corrected chi connectivity index (χ1v) is 8.83. The van der Waals surface area contributed by atoms with E-state index < -0.39 is 0 Å². The normalized spacial score (nSPS) is 14.8. The number of halogens is 2. The largest absolute Gasteiger partial charge is 0.338 e. The van der Waals surface area contributed by atoms with Crippen molar-refractivity contribution in [3.63, 3.8) is 0 Å². The molecule has 1 aromatic carbocycles. The van der Waals surface area contributed by atoms with Crippen molar-refractivity contribution in [1.29, 1.82) is 0 Å². The monoisotopic (exact) mass is 377 g/mol. The fraction of sp³-hybridized carbons (Fsp3) is 0.389. The van der Waals surface area contributed by atoms with Gasteiger partial charge in [0.15, 0.2) is 0 Å². The van der Waals surface area contributed by atoms with E-state index in [2.05, 4.69) is 14.9 Å². The van der Waals surface area contributed by atoms with Gasteiger partial charge in [-0.05, 0) is 25.2 Å². The summed E-state index contributed by atoms with van der Waals surface area (Å²) in [6.07, 6.45) is 3.42. The standard InChI is InChI=1S/C18H21ClFN5O/c1-23(12-14-15(19)4-2-5-16(14)20)13-17(26)24-8-10-25(11-9-24)18-21-6-3-7-22-18/h2-7H,8-13H2,1H3. The molecule has 3 rings (SSSR count). The smallest absolute Gasteiger partial charge is 0.236 e. The molecule has 26 heavy (non-hydrogen) atoms. The predicted octanol–water partition coefficient (Wildman–Crippen LogP) is 2.05. The van der Waals surface area contributed by atoms with Crippen LogP contribution in [0.2, 0.25) is 5.02 Å². The maximum absolute atomic E-state index is 13.9. The molecule has 0 radical (unpaired) electrons. The lowest BCUT2D eigenvalue weighted by atomic mass is 10.2. The molecule has 0 saturated carbocycles. The van der Waals surface area contributed by atoms with E-state index in [1.165, 1.54) is 6.07 Å². The summed E-state index contributed by atoms with van der Waals surface area (Å²) in [5.41, 5.74) is 0.413. The first-order valence-electron chi connectivity index (χ1n) is 8.46. The van der Waals surface area contributed by atoms with E-state index in [0.29, 0.717) is 42.7 Å². The number of hydrogen-bond acceptors (Lipinski definition) is 5. The second kappa shape index (κ2) is 8.42. The van der Waals surface area contributed by atoms with Crippen LogP contribution in [0.1, 0.15) is 5.56 Å². The number of carbonyl (C=O) groups is 1. The molecule has 1 aromatic heterocycles. The molecule has 0 atom stereocenters. The zero-order chi connectivity index (χ0) is 18.5. The Morgan fingerprint density at radius 3 is 2.54 bits per heavy atom. The Labute approximate surface area is 157 Å². The van der Waals surface area contributed by atoms with Gasteiger partial charge in [-0.2, -0.15) is 0 Å². The minimum atomic E-state index is -0.353. The molecule has 1 aliphatic heterocycles. The molecule has 1 amide bonds. The topological polar surface area (TPSA) is 52.6 Å². The second-order valence-corrected chi connectivity index (χ2v) is 6.70. The fourth-order valence-electron chi connectivity index (χ4n) is 2.95. The number of likely N-dealkylation sites (N-methyl/N-ethyl adjacent to an activating group) is 1. The molecule has 0 aliphatic carbocycles. The van der Waals surface area contributed by atoms with Gasteiger partial charge >= 0.3 is 0 Å². The number of piperazine rings is 1. The van der Waals surface area contributed by atoms with Crippen LogP contribution in [0, 0.1) is 5.82 Å². The molecule has 2 aromatic rings. The SMILES string of the molecule is CN(CC(=O)N1CCN(c2ncccn2)CC1)Cc1c(F)cccc1Cl. The van der Waals surface area contributed by atoms with Gasteiger partial charge in [0, 0.05) is 55.7 Å². The van der Waals surface area contributed by atoms with Crippen molar-refractivity contribution in [2.75, 3.05) is 44.7 Å². The van der Waals surface area contributed by atoms with E-state index in [9.17, 15) is 9.18 Å². The summed E-state index contributed by atoms with van der Waals surface area (Å²) < 4.78 is 13.9. The number of rotatable bonds is 5. The minimum absolute atomic E-state index is 0.0218. The quantitative estimate of drug-likeness (QED) is 0.798. The van der Waals surface area contributed by atoms with Crippen molar-refractivity contribution < 1.29 is 9.18 Å². The number of carbonyl (C=O) groups excluding carboxylic acids is 1. The molecule has 8 heteroatoms. The van der Waals surface area contributed by atoms with Crippen molar-refractivity contribution in [3.8, 4) is 0 Å². The third kappa shape index (κ3) is 4.47. The Kier molecular flexibility index (Phi) is 6.00. The van der Waals surface area contributed by atoms with Crippen LogP contribution in [0.3, 0.4) is 0 Å². The van der Waals surface area contributed by atoms with Gasteiger partial charge in [-0.15, -0.1) is 0 Å². The summed E-state index contributed by atoms with van der Waals surface area (Å²) in [6, 6.07) is 6.38. The number of amides is 1. The van der Waals surface area contributed by atoms with Gasteiger partial charge < -0.3 is 9.80 Å². The summed E-state index contributed by atoms with van der Waals surface area (Å²) >= 11 is 6.05. The summed E-state index contributed by atoms with van der Waals surface area (Å²) in [5.74, 6) is 0.354. The highest BCUT2D eigenvalue weighted by molar-refractivity contribution is 6.31. The minimum Gasteiger partial charge on any atom is -0.338 e. The van der Waals surface area contributed by atoms with E-state index in [1.54, 1.807) is 42.5 Å². The van der Waals surface area contributed by atoms with Crippen molar-refractivity contribution in [1.82, 2.24) is 19.8 Å². The van der Waals surface area contributed by atoms with Gasteiger partial charge in [0.25, 0.3) is 0 Å². The van der Waals surface area contributed by atoms with Crippen LogP contribution in [0.25, 0.3) is 0 Å². The zero-order valence-electron chi connectivity index (χ0n) is 14.6. The highest BCUT2D eigenvalue weighted by Crippen LogP contribution is 2.20. The molecule has 1 aliphatic rings. The number of anilines is 1. The Morgan fingerprint density at radius 2 is 1.88 bits per heavy atom. The Morgan fingerprint density at radius 1 is 1.19 bits per heavy atom. The Bertz CT molecular complexity index is 732. The van der Waals surface area contributed by atoms with Crippen LogP contribution in [0.5, 0.6) is 0 Å². The van der Waals surface area contributed by atoms with Gasteiger partial charge in [-0.1, -0.05) is 17.7 Å². The van der Waals surface area contributed by atoms with Gasteiger partial charge in [0.1, 0.15) is 5.82 Å². The molecule has 0 bridgehead atoms. The molecule has 0 N–H and O–H groups in total. The van der Waals surface area contributed by atoms with E-state index >= 15 is 0 Å². The number of benzene rings is 1. The average molecular weight is 378 g/mol. The maximum Gasteiger partial charge on any atom is 0.236 e. The van der Waals surface area contributed by atoms with Crippen molar-refractivity contribution in [2.45, 2.75) is 6.54 Å². The Hall–Kier alpha value is -2.25. The lowest BCUT2D eigenvalue weighted by Gasteiger charge is -2.35. The summed E-state index contributed by atoms with van der Waals surface area (Å²) in [6.45, 7) is 3.12. The average Bonchev–Trinajstić information content (AvgIpc) is 2.66. The second-order valence-electron chi connectivity index (χ2n) is 6.29. The summed E-state index contributed by atoms with van der Waals surface area (Å²) in [7, 11) is 1.79. The van der Waals surface area contributed by atoms with Crippen LogP contribution >= 0.6 is 11.6 Å². The summed E-state index contributed by atoms with van der Waals surface area (Å²) in [4.78, 5) is 26.7. The van der Waals surface area contributed by atoms with Crippen LogP contribution in [0.4, 0.5) is 10.3 Å². The lowest BCUT2D eigenvalue weighted by molar-refractivity contribution is -0.132. The molecule has 138 valence electrons. The van der Waals surface area contributed by atoms with Crippen molar-refractivity contribution >= 4 is 23.5 Å². The molecular formula is C18H21ClFN5O. The fourth-order valence-corrected chi connectivity index (χ4v) is 3.17. The molecule has 1 fully saturated rings. The third-order valence-corrected chi connectivity index (χ3v) is 4.72. The van der Waals surface area contributed by atoms with Gasteiger partial charge in [0.2, 0.25) is 11.9 Å². The van der Waals surface area contributed by atoms with Crippen LogP contribution in [0.15, 0.2) is 36.7 Å². The molecule has 0 spiro atoms. The van der Waals surface area contributed by atoms with Crippen LogP contribution in [-0.2, 0) is 11.3 Å². The van der Waals surface area contributed by atoms with Crippen LogP contribution < -0.4 is 4.90 Å². The van der Waals surface area contributed by atoms with E-state index in [4.69, 9.17) is 11.6 Å². The molecule has 2 heterocycles. The highest BCUT2D eigenvalue weighted by atomic mass is 35.5. The first kappa shape index (κ1) is 18.5. The van der Waals surface area contributed by atoms with Gasteiger partial charge in [0.05, 0.1) is 6.54 Å². The molecule has 6 nitrogen and oxygen atoms in total. The summed E-state index contributed by atoms with van der Waals surface area (Å²) in [5, 5.41) is 0.376. The Balaban J connectivity index is 1.51. The predicted molar refractivity (Wildman–Crippen MR) is 98.6 cm³/mol. The highest BCUT2D eigenvalue weighted by Gasteiger charge is 2.23. The zero-order valence-corrected chi connectivity index (χ0v) is 15.4. The number of nitrogens with zero attached hydrogens (tertiary/aromatic N) is 5. The third-order valence-electron chi connectivity index (χ3n) is 4.36. The van der Waals surface area contributed by atoms with Crippen molar-refractivity contribution in [3.05, 3.63) is 53.1 Å². The van der Waals surface area contributed by atoms with Crippen molar-refractivity contribution in [2.24, 2.45) is 0 Å². The molecular weight excluding hydrogens is 357 g/mol. The van der Waals surface area contributed by atoms with E-state index in [1.807, 2.05) is 4.90 Å². The van der Waals surface area contributed by atoms with Crippen LogP contribution in [-0.4, -0.2) is 65.4 Å². The maximum atomic E-state index is 13.9. The lowest BCUT2D eigenvalue weighted by Crippen LogP contribution is -2.51. The van der Waals surface area contributed by atoms with Gasteiger partial charge in [-0.25, -0.2) is 14.4 Å². The van der Waals surface area contributed by atoms with E-state index in [0.717, 1.165) is 0 Å². The number of aromatic nitrogens is 2. The van der Waals surface area contributed by atoms with Gasteiger partial charge in [-0.3, -0.25) is 9.69 Å². The number of hydrogen-bond donors (Lipinski definition) is 0. The molecule has 0 unspecified atom stereocenters.